The number of nitrogens with zero attached hydrogens (tertiary/aromatic N) is 9. The number of amides is 1. The Balaban J connectivity index is 1.13. The zero-order valence-corrected chi connectivity index (χ0v) is 26.7. The first kappa shape index (κ1) is 31.5. The van der Waals surface area contributed by atoms with Gasteiger partial charge in [0.05, 0.1) is 29.0 Å². The van der Waals surface area contributed by atoms with Crippen molar-refractivity contribution >= 4 is 29.2 Å². The molecule has 14 heteroatoms. The van der Waals surface area contributed by atoms with Crippen LogP contribution in [0.15, 0.2) is 76.6 Å². The Morgan fingerprint density at radius 1 is 1.11 bits per heavy atom. The highest BCUT2D eigenvalue weighted by Crippen LogP contribution is 2.37. The molecule has 2 aliphatic rings. The monoisotopic (exact) mass is 649 g/mol. The molecule has 0 bridgehead atoms. The highest BCUT2D eigenvalue weighted by molar-refractivity contribution is 6.30. The van der Waals surface area contributed by atoms with Gasteiger partial charge in [-0.15, -0.1) is 5.11 Å². The lowest BCUT2D eigenvalue weighted by atomic mass is 9.91. The van der Waals surface area contributed by atoms with Gasteiger partial charge in [0.2, 0.25) is 0 Å². The molecule has 11 nitrogen and oxygen atoms in total. The first-order valence-corrected chi connectivity index (χ1v) is 15.3. The molecular weight excluding hydrogens is 616 g/mol. The van der Waals surface area contributed by atoms with E-state index in [1.165, 1.54) is 11.0 Å². The topological polar surface area (TPSA) is 106 Å². The van der Waals surface area contributed by atoms with E-state index in [-0.39, 0.29) is 22.2 Å². The van der Waals surface area contributed by atoms with E-state index in [2.05, 4.69) is 30.3 Å². The molecule has 2 saturated heterocycles. The number of halogens is 3. The third-order valence-electron chi connectivity index (χ3n) is 8.26. The van der Waals surface area contributed by atoms with Crippen molar-refractivity contribution < 1.29 is 18.3 Å². The number of piperidine rings is 1. The molecule has 2 aromatic heterocycles. The van der Waals surface area contributed by atoms with Crippen molar-refractivity contribution in [1.29, 1.82) is 0 Å². The second-order valence-corrected chi connectivity index (χ2v) is 12.9. The zero-order chi connectivity index (χ0) is 32.6. The Hall–Kier alpha value is -4.49. The Kier molecular flexibility index (Phi) is 8.47. The molecule has 0 unspecified atom stereocenters. The summed E-state index contributed by atoms with van der Waals surface area (Å²) in [5, 5.41) is 12.7. The number of carbonyl (C=O) groups is 1. The van der Waals surface area contributed by atoms with Gasteiger partial charge in [0, 0.05) is 74.3 Å². The van der Waals surface area contributed by atoms with Crippen molar-refractivity contribution in [2.75, 3.05) is 31.6 Å². The van der Waals surface area contributed by atoms with Crippen LogP contribution in [-0.4, -0.2) is 68.6 Å². The van der Waals surface area contributed by atoms with Crippen LogP contribution in [0, 0.1) is 11.6 Å². The van der Waals surface area contributed by atoms with E-state index in [4.69, 9.17) is 16.3 Å². The van der Waals surface area contributed by atoms with Crippen molar-refractivity contribution in [2.45, 2.75) is 51.3 Å². The number of ether oxygens (including phenoxy) is 1. The van der Waals surface area contributed by atoms with Gasteiger partial charge in [-0.3, -0.25) is 19.5 Å². The average molecular weight is 650 g/mol. The lowest BCUT2D eigenvalue weighted by Gasteiger charge is -2.37. The summed E-state index contributed by atoms with van der Waals surface area (Å²) in [5.74, 6) is -0.896. The molecular formula is C32H34ClF2N9O2. The third-order valence-corrected chi connectivity index (χ3v) is 8.55. The van der Waals surface area contributed by atoms with Gasteiger partial charge < -0.3 is 4.74 Å². The number of likely N-dealkylation sites (tertiary alicyclic amines) is 1. The van der Waals surface area contributed by atoms with Gasteiger partial charge >= 0.3 is 6.09 Å². The number of benzene rings is 2. The van der Waals surface area contributed by atoms with Crippen molar-refractivity contribution in [3.05, 3.63) is 89.1 Å². The molecule has 0 radical (unpaired) electrons. The van der Waals surface area contributed by atoms with Crippen LogP contribution in [0.3, 0.4) is 0 Å². The van der Waals surface area contributed by atoms with Gasteiger partial charge in [-0.2, -0.15) is 5.10 Å². The number of imidazole rings is 1. The van der Waals surface area contributed by atoms with E-state index in [1.807, 2.05) is 51.2 Å². The molecule has 6 rings (SSSR count). The van der Waals surface area contributed by atoms with E-state index < -0.39 is 17.2 Å². The number of hydrogen-bond donors (Lipinski definition) is 0. The maximum Gasteiger partial charge on any atom is 0.415 e. The van der Waals surface area contributed by atoms with E-state index in [0.29, 0.717) is 56.2 Å². The van der Waals surface area contributed by atoms with Crippen LogP contribution in [0.25, 0.3) is 11.3 Å². The molecule has 0 atom stereocenters. The van der Waals surface area contributed by atoms with Crippen LogP contribution in [0.1, 0.15) is 44.7 Å². The molecule has 2 aromatic carbocycles. The summed E-state index contributed by atoms with van der Waals surface area (Å²) in [7, 11) is 1.64. The molecule has 4 aromatic rings. The maximum atomic E-state index is 15.0. The van der Waals surface area contributed by atoms with Crippen molar-refractivity contribution in [1.82, 2.24) is 24.3 Å². The van der Waals surface area contributed by atoms with Gasteiger partial charge in [0.15, 0.2) is 5.84 Å². The largest absolute Gasteiger partial charge is 0.441 e. The Bertz CT molecular complexity index is 1790. The minimum atomic E-state index is -0.702. The number of aliphatic imine (C=N–C) groups is 1. The van der Waals surface area contributed by atoms with Crippen LogP contribution in [0.4, 0.5) is 19.3 Å². The first-order valence-electron chi connectivity index (χ1n) is 14.9. The summed E-state index contributed by atoms with van der Waals surface area (Å²) in [5.41, 5.74) is 1.70. The Morgan fingerprint density at radius 2 is 1.85 bits per heavy atom. The lowest BCUT2D eigenvalue weighted by Crippen LogP contribution is -2.46. The smallest absolute Gasteiger partial charge is 0.415 e. The minimum absolute atomic E-state index is 0.0679. The molecule has 0 aliphatic carbocycles. The van der Waals surface area contributed by atoms with Crippen molar-refractivity contribution in [3.8, 4) is 11.3 Å². The van der Waals surface area contributed by atoms with Crippen LogP contribution in [0.2, 0.25) is 5.02 Å². The lowest BCUT2D eigenvalue weighted by molar-refractivity contribution is -0.000945. The molecule has 0 N–H and O–H groups in total. The van der Waals surface area contributed by atoms with E-state index >= 15 is 0 Å². The van der Waals surface area contributed by atoms with Gasteiger partial charge in [-0.25, -0.2) is 23.2 Å². The fourth-order valence-electron chi connectivity index (χ4n) is 5.66. The SMILES string of the molecule is C/N=C(\N=N/n1ccnc1)c1ccc(N2CC3(CCN(Cc4cn(C(C)(C)C)nc4-c4cc(F)c(Cl)cc4F)CC3)OC2=O)cc1. The normalized spacial score (nSPS) is 17.4. The van der Waals surface area contributed by atoms with Crippen molar-refractivity contribution in [3.63, 3.8) is 0 Å². The van der Waals surface area contributed by atoms with Crippen LogP contribution in [-0.2, 0) is 16.8 Å². The minimum Gasteiger partial charge on any atom is -0.441 e. The molecule has 46 heavy (non-hydrogen) atoms. The number of aromatic nitrogens is 4. The molecule has 4 heterocycles. The molecule has 2 fully saturated rings. The Labute approximate surface area is 270 Å². The van der Waals surface area contributed by atoms with Crippen LogP contribution < -0.4 is 4.90 Å². The number of amidine groups is 1. The maximum absolute atomic E-state index is 15.0. The molecule has 0 saturated carbocycles. The summed E-state index contributed by atoms with van der Waals surface area (Å²) >= 11 is 5.82. The summed E-state index contributed by atoms with van der Waals surface area (Å²) in [6.07, 6.45) is 7.56. The van der Waals surface area contributed by atoms with Crippen LogP contribution in [0.5, 0.6) is 0 Å². The first-order chi connectivity index (χ1) is 21.9. The number of anilines is 1. The fraction of sp³-hybridized carbons (Fsp3) is 0.375. The Morgan fingerprint density at radius 3 is 2.50 bits per heavy atom. The average Bonchev–Trinajstić information content (AvgIpc) is 3.77. The van der Waals surface area contributed by atoms with Crippen LogP contribution >= 0.6 is 11.6 Å². The molecule has 2 aliphatic heterocycles. The summed E-state index contributed by atoms with van der Waals surface area (Å²) in [4.78, 5) is 25.1. The zero-order valence-electron chi connectivity index (χ0n) is 26.0. The summed E-state index contributed by atoms with van der Waals surface area (Å²) < 4.78 is 38.6. The van der Waals surface area contributed by atoms with Gasteiger partial charge in [-0.05, 0) is 57.2 Å². The van der Waals surface area contributed by atoms with Crippen molar-refractivity contribution in [2.24, 2.45) is 15.3 Å². The third kappa shape index (κ3) is 6.42. The van der Waals surface area contributed by atoms with E-state index in [9.17, 15) is 13.6 Å². The standard InChI is InChI=1S/C32H34ClF2N9O2/c1-31(2,3)44-18-22(28(39-44)24-15-27(35)25(33)16-26(24)34)17-41-12-9-32(10-13-41)19-43(30(45)46-32)23-7-5-21(6-8-23)29(36-4)38-40-42-14-11-37-20-42/h5-8,11,14-16,18,20H,9-10,12-13,17,19H2,1-4H3/b36-29-,40-38-. The molecule has 1 amide bonds. The predicted molar refractivity (Wildman–Crippen MR) is 170 cm³/mol. The second-order valence-electron chi connectivity index (χ2n) is 12.5. The quantitative estimate of drug-likeness (QED) is 0.0998. The highest BCUT2D eigenvalue weighted by Gasteiger charge is 2.47. The second kappa shape index (κ2) is 12.4. The number of hydrogen-bond acceptors (Lipinski definition) is 7. The number of carbonyl (C=O) groups excluding carboxylic acids is 1. The summed E-state index contributed by atoms with van der Waals surface area (Å²) in [6, 6.07) is 9.45. The fourth-order valence-corrected chi connectivity index (χ4v) is 5.81. The highest BCUT2D eigenvalue weighted by atomic mass is 35.5. The van der Waals surface area contributed by atoms with Gasteiger partial charge in [-0.1, -0.05) is 16.8 Å². The van der Waals surface area contributed by atoms with Gasteiger partial charge in [0.25, 0.3) is 0 Å². The van der Waals surface area contributed by atoms with E-state index in [1.54, 1.807) is 29.0 Å². The molecule has 240 valence electrons. The number of rotatable bonds is 6. The molecule has 1 spiro atoms. The summed E-state index contributed by atoms with van der Waals surface area (Å²) in [6.45, 7) is 8.19. The van der Waals surface area contributed by atoms with Gasteiger partial charge in [0.1, 0.15) is 23.6 Å². The predicted octanol–water partition coefficient (Wildman–Crippen LogP) is 6.72. The van der Waals surface area contributed by atoms with E-state index in [0.717, 1.165) is 23.3 Å².